The number of methoxy groups -OCH3 is 1. The molecule has 0 aromatic heterocycles. The number of sulfonamides is 1. The maximum Gasteiger partial charge on any atom is 0.282 e. The molecule has 0 aliphatic heterocycles. The molecule has 0 aliphatic rings. The average Bonchev–Trinajstić information content (AvgIpc) is 2.70. The van der Waals surface area contributed by atoms with Crippen LogP contribution < -0.4 is 4.74 Å². The fourth-order valence-corrected chi connectivity index (χ4v) is 4.75. The molecule has 0 N–H and O–H groups in total. The lowest BCUT2D eigenvalue weighted by Gasteiger charge is -2.21. The van der Waals surface area contributed by atoms with E-state index < -0.39 is 10.0 Å². The second kappa shape index (κ2) is 10.1. The highest BCUT2D eigenvalue weighted by molar-refractivity contribution is 7.90. The van der Waals surface area contributed by atoms with Gasteiger partial charge in [0, 0.05) is 6.21 Å². The van der Waals surface area contributed by atoms with Crippen LogP contribution in [0.25, 0.3) is 6.08 Å². The minimum atomic E-state index is -3.82. The molecule has 0 atom stereocenters. The fraction of sp³-hybridized carbons (Fsp3) is 0.400. The Labute approximate surface area is 181 Å². The van der Waals surface area contributed by atoms with Crippen molar-refractivity contribution in [2.75, 3.05) is 7.11 Å². The number of allylic oxidation sites excluding steroid dienone is 1. The maximum atomic E-state index is 13.2. The summed E-state index contributed by atoms with van der Waals surface area (Å²) in [6, 6.07) is 11.6. The molecule has 2 rings (SSSR count). The first-order chi connectivity index (χ1) is 14.1. The lowest BCUT2D eigenvalue weighted by molar-refractivity contribution is 0.415. The Morgan fingerprint density at radius 2 is 1.40 bits per heavy atom. The number of benzene rings is 2. The third kappa shape index (κ3) is 5.82. The van der Waals surface area contributed by atoms with Gasteiger partial charge in [0.05, 0.1) is 12.0 Å². The van der Waals surface area contributed by atoms with Gasteiger partial charge in [-0.1, -0.05) is 71.9 Å². The van der Waals surface area contributed by atoms with Crippen molar-refractivity contribution in [2.45, 2.75) is 64.2 Å². The van der Waals surface area contributed by atoms with Crippen LogP contribution in [0.5, 0.6) is 5.75 Å². The molecule has 0 fully saturated rings. The molecule has 2 aromatic carbocycles. The zero-order valence-corrected chi connectivity index (χ0v) is 19.8. The molecule has 0 unspecified atom stereocenters. The van der Waals surface area contributed by atoms with Crippen molar-refractivity contribution in [1.82, 2.24) is 0 Å². The van der Waals surface area contributed by atoms with Crippen LogP contribution >= 0.6 is 0 Å². The quantitative estimate of drug-likeness (QED) is 0.450. The summed E-state index contributed by atoms with van der Waals surface area (Å²) in [7, 11) is -2.20. The minimum Gasteiger partial charge on any atom is -0.497 e. The zero-order valence-electron chi connectivity index (χ0n) is 19.0. The van der Waals surface area contributed by atoms with E-state index in [1.54, 1.807) is 13.2 Å². The minimum absolute atomic E-state index is 0.0796. The molecule has 5 heteroatoms. The summed E-state index contributed by atoms with van der Waals surface area (Å²) in [6.45, 7) is 12.3. The average molecular weight is 428 g/mol. The monoisotopic (exact) mass is 427 g/mol. The molecular formula is C25H33NO3S. The van der Waals surface area contributed by atoms with Crippen molar-refractivity contribution >= 4 is 22.3 Å². The molecule has 0 spiro atoms. The third-order valence-electron chi connectivity index (χ3n) is 5.03. The second-order valence-electron chi connectivity index (χ2n) is 8.35. The van der Waals surface area contributed by atoms with E-state index in [0.717, 1.165) is 28.0 Å². The topological polar surface area (TPSA) is 55.7 Å². The first-order valence-corrected chi connectivity index (χ1v) is 11.8. The lowest BCUT2D eigenvalue weighted by Crippen LogP contribution is -2.11. The van der Waals surface area contributed by atoms with Crippen LogP contribution in [0.3, 0.4) is 0 Å². The van der Waals surface area contributed by atoms with Crippen LogP contribution in [0, 0.1) is 0 Å². The van der Waals surface area contributed by atoms with Gasteiger partial charge in [0.15, 0.2) is 0 Å². The molecule has 0 aliphatic carbocycles. The molecule has 0 saturated carbocycles. The number of hydrogen-bond donors (Lipinski definition) is 0. The third-order valence-corrected chi connectivity index (χ3v) is 6.41. The van der Waals surface area contributed by atoms with Gasteiger partial charge in [-0.3, -0.25) is 0 Å². The summed E-state index contributed by atoms with van der Waals surface area (Å²) >= 11 is 0. The number of nitrogens with zero attached hydrogens (tertiary/aromatic N) is 1. The first kappa shape index (κ1) is 23.9. The standard InChI is InChI=1S/C25H33NO3S/c1-17(2)21-15-23(18(3)4)25(24(16-21)19(5)6)30(27,28)26-14-8-9-20-10-12-22(29-7)13-11-20/h8-19H,1-7H3/b9-8+,26-14+. The van der Waals surface area contributed by atoms with E-state index in [1.165, 1.54) is 6.21 Å². The van der Waals surface area contributed by atoms with Gasteiger partial charge in [0.25, 0.3) is 10.0 Å². The van der Waals surface area contributed by atoms with Crippen LogP contribution in [-0.2, 0) is 10.0 Å². The van der Waals surface area contributed by atoms with Crippen molar-refractivity contribution in [3.8, 4) is 5.75 Å². The van der Waals surface area contributed by atoms with Crippen molar-refractivity contribution in [1.29, 1.82) is 0 Å². The molecule has 2 aromatic rings. The Morgan fingerprint density at radius 3 is 1.83 bits per heavy atom. The number of ether oxygens (including phenoxy) is 1. The van der Waals surface area contributed by atoms with E-state index in [2.05, 4.69) is 18.2 Å². The van der Waals surface area contributed by atoms with Gasteiger partial charge in [-0.2, -0.15) is 12.8 Å². The van der Waals surface area contributed by atoms with Crippen molar-refractivity contribution in [3.63, 3.8) is 0 Å². The molecule has 0 radical (unpaired) electrons. The maximum absolute atomic E-state index is 13.2. The molecule has 0 bridgehead atoms. The van der Waals surface area contributed by atoms with Gasteiger partial charge in [-0.15, -0.1) is 0 Å². The molecule has 0 saturated heterocycles. The summed E-state index contributed by atoms with van der Waals surface area (Å²) in [5.74, 6) is 1.26. The predicted octanol–water partition coefficient (Wildman–Crippen LogP) is 6.54. The fourth-order valence-electron chi connectivity index (χ4n) is 3.22. The Bertz CT molecular complexity index is 986. The highest BCUT2D eigenvalue weighted by Crippen LogP contribution is 2.35. The smallest absolute Gasteiger partial charge is 0.282 e. The Kier molecular flexibility index (Phi) is 8.02. The molecule has 4 nitrogen and oxygen atoms in total. The van der Waals surface area contributed by atoms with Gasteiger partial charge < -0.3 is 4.74 Å². The van der Waals surface area contributed by atoms with Crippen LogP contribution in [0.4, 0.5) is 0 Å². The molecule has 0 amide bonds. The van der Waals surface area contributed by atoms with Gasteiger partial charge in [-0.05, 0) is 58.2 Å². The molecule has 162 valence electrons. The van der Waals surface area contributed by atoms with E-state index in [9.17, 15) is 8.42 Å². The van der Waals surface area contributed by atoms with Gasteiger partial charge in [0.1, 0.15) is 5.75 Å². The van der Waals surface area contributed by atoms with Gasteiger partial charge in [0.2, 0.25) is 0 Å². The highest BCUT2D eigenvalue weighted by atomic mass is 32.2. The first-order valence-electron chi connectivity index (χ1n) is 10.4. The van der Waals surface area contributed by atoms with Crippen molar-refractivity contribution < 1.29 is 13.2 Å². The van der Waals surface area contributed by atoms with Gasteiger partial charge in [-0.25, -0.2) is 0 Å². The van der Waals surface area contributed by atoms with Crippen LogP contribution in [0.15, 0.2) is 51.8 Å². The number of rotatable bonds is 8. The summed E-state index contributed by atoms with van der Waals surface area (Å²) in [4.78, 5) is 0.353. The normalized spacial score (nSPS) is 12.7. The largest absolute Gasteiger partial charge is 0.497 e. The van der Waals surface area contributed by atoms with Crippen molar-refractivity contribution in [2.24, 2.45) is 4.40 Å². The van der Waals surface area contributed by atoms with Crippen molar-refractivity contribution in [3.05, 3.63) is 64.7 Å². The Balaban J connectivity index is 2.44. The highest BCUT2D eigenvalue weighted by Gasteiger charge is 2.26. The van der Waals surface area contributed by atoms with Crippen LogP contribution in [-0.4, -0.2) is 21.7 Å². The summed E-state index contributed by atoms with van der Waals surface area (Å²) < 4.78 is 35.5. The lowest BCUT2D eigenvalue weighted by atomic mass is 9.89. The van der Waals surface area contributed by atoms with Crippen LogP contribution in [0.2, 0.25) is 0 Å². The number of hydrogen-bond acceptors (Lipinski definition) is 3. The summed E-state index contributed by atoms with van der Waals surface area (Å²) in [5.41, 5.74) is 3.76. The molecule has 30 heavy (non-hydrogen) atoms. The summed E-state index contributed by atoms with van der Waals surface area (Å²) in [6.07, 6.45) is 4.81. The Morgan fingerprint density at radius 1 is 0.867 bits per heavy atom. The van der Waals surface area contributed by atoms with E-state index >= 15 is 0 Å². The predicted molar refractivity (Wildman–Crippen MR) is 126 cm³/mol. The van der Waals surface area contributed by atoms with E-state index in [1.807, 2.05) is 70.2 Å². The summed E-state index contributed by atoms with van der Waals surface area (Å²) in [5, 5.41) is 0. The van der Waals surface area contributed by atoms with E-state index in [-0.39, 0.29) is 11.8 Å². The molecular weight excluding hydrogens is 394 g/mol. The Hall–Kier alpha value is -2.40. The van der Waals surface area contributed by atoms with Gasteiger partial charge >= 0.3 is 0 Å². The molecule has 0 heterocycles. The SMILES string of the molecule is COc1ccc(/C=C/C=N/S(=O)(=O)c2c(C(C)C)cc(C(C)C)cc2C(C)C)cc1. The van der Waals surface area contributed by atoms with Crippen LogP contribution in [0.1, 0.15) is 81.5 Å². The second-order valence-corrected chi connectivity index (χ2v) is 9.92. The van der Waals surface area contributed by atoms with E-state index in [4.69, 9.17) is 4.74 Å². The zero-order chi connectivity index (χ0) is 22.5. The van der Waals surface area contributed by atoms with E-state index in [0.29, 0.717) is 10.8 Å².